The number of nitrogens with zero attached hydrogens (tertiary/aromatic N) is 3. The van der Waals surface area contributed by atoms with Gasteiger partial charge in [0.2, 0.25) is 5.95 Å². The van der Waals surface area contributed by atoms with Crippen LogP contribution in [0.15, 0.2) is 0 Å². The molecule has 17 heavy (non-hydrogen) atoms. The van der Waals surface area contributed by atoms with E-state index in [-0.39, 0.29) is 18.1 Å². The van der Waals surface area contributed by atoms with Gasteiger partial charge in [-0.2, -0.15) is 9.97 Å². The minimum absolute atomic E-state index is 0.180. The van der Waals surface area contributed by atoms with E-state index in [9.17, 15) is 0 Å². The summed E-state index contributed by atoms with van der Waals surface area (Å²) in [5.41, 5.74) is 0. The smallest absolute Gasteiger partial charge is 0.324 e. The fourth-order valence-electron chi connectivity index (χ4n) is 1.02. The average Bonchev–Trinajstić information content (AvgIpc) is 2.34. The Labute approximate surface area is 101 Å². The zero-order valence-corrected chi connectivity index (χ0v) is 10.6. The SMILES string of the molecule is CNc1nc(OC)nc(OCCOC(C)C)n1. The first-order valence-corrected chi connectivity index (χ1v) is 5.38. The number of rotatable bonds is 7. The molecule has 1 N–H and O–H groups in total. The number of anilines is 1. The molecule has 1 heterocycles. The molecule has 0 bridgehead atoms. The van der Waals surface area contributed by atoms with Gasteiger partial charge in [0.05, 0.1) is 19.8 Å². The van der Waals surface area contributed by atoms with E-state index in [0.717, 1.165) is 0 Å². The summed E-state index contributed by atoms with van der Waals surface area (Å²) in [6.45, 7) is 4.80. The Hall–Kier alpha value is -1.63. The molecule has 1 aromatic heterocycles. The Morgan fingerprint density at radius 1 is 1.12 bits per heavy atom. The van der Waals surface area contributed by atoms with E-state index >= 15 is 0 Å². The molecule has 0 amide bonds. The first kappa shape index (κ1) is 13.4. The van der Waals surface area contributed by atoms with Crippen molar-refractivity contribution in [2.75, 3.05) is 32.7 Å². The maximum Gasteiger partial charge on any atom is 0.324 e. The number of nitrogens with one attached hydrogen (secondary N) is 1. The van der Waals surface area contributed by atoms with Crippen LogP contribution in [0.4, 0.5) is 5.95 Å². The van der Waals surface area contributed by atoms with Gasteiger partial charge < -0.3 is 19.5 Å². The number of hydrogen-bond acceptors (Lipinski definition) is 7. The minimum atomic E-state index is 0.180. The molecule has 0 aromatic carbocycles. The van der Waals surface area contributed by atoms with E-state index in [4.69, 9.17) is 14.2 Å². The second kappa shape index (κ2) is 6.85. The van der Waals surface area contributed by atoms with Gasteiger partial charge in [-0.15, -0.1) is 4.98 Å². The molecule has 7 heteroatoms. The molecule has 0 atom stereocenters. The molecule has 0 aliphatic heterocycles. The first-order valence-electron chi connectivity index (χ1n) is 5.38. The lowest BCUT2D eigenvalue weighted by molar-refractivity contribution is 0.0529. The Morgan fingerprint density at radius 3 is 2.41 bits per heavy atom. The molecule has 7 nitrogen and oxygen atoms in total. The van der Waals surface area contributed by atoms with Crippen molar-refractivity contribution >= 4 is 5.95 Å². The van der Waals surface area contributed by atoms with Gasteiger partial charge >= 0.3 is 12.0 Å². The Morgan fingerprint density at radius 2 is 1.82 bits per heavy atom. The van der Waals surface area contributed by atoms with Gasteiger partial charge in [0, 0.05) is 7.05 Å². The van der Waals surface area contributed by atoms with Crippen molar-refractivity contribution in [3.63, 3.8) is 0 Å². The fraction of sp³-hybridized carbons (Fsp3) is 0.700. The zero-order valence-electron chi connectivity index (χ0n) is 10.6. The van der Waals surface area contributed by atoms with Crippen LogP contribution < -0.4 is 14.8 Å². The Balaban J connectivity index is 2.51. The van der Waals surface area contributed by atoms with Crippen LogP contribution in [0.5, 0.6) is 12.0 Å². The molecule has 1 rings (SSSR count). The molecule has 96 valence electrons. The summed E-state index contributed by atoms with van der Waals surface area (Å²) in [6, 6.07) is 0.428. The molecule has 0 aliphatic carbocycles. The van der Waals surface area contributed by atoms with Crippen molar-refractivity contribution in [3.05, 3.63) is 0 Å². The third kappa shape index (κ3) is 4.81. The summed E-state index contributed by atoms with van der Waals surface area (Å²) < 4.78 is 15.6. The lowest BCUT2D eigenvalue weighted by atomic mass is 10.5. The average molecular weight is 242 g/mol. The van der Waals surface area contributed by atoms with Crippen LogP contribution in [0.25, 0.3) is 0 Å². The van der Waals surface area contributed by atoms with Gasteiger partial charge in [0.15, 0.2) is 0 Å². The summed E-state index contributed by atoms with van der Waals surface area (Å²) in [4.78, 5) is 11.9. The zero-order chi connectivity index (χ0) is 12.7. The van der Waals surface area contributed by atoms with Crippen molar-refractivity contribution in [2.45, 2.75) is 20.0 Å². The quantitative estimate of drug-likeness (QED) is 0.706. The van der Waals surface area contributed by atoms with Crippen LogP contribution in [-0.2, 0) is 4.74 Å². The van der Waals surface area contributed by atoms with E-state index < -0.39 is 0 Å². The van der Waals surface area contributed by atoms with E-state index in [1.807, 2.05) is 13.8 Å². The monoisotopic (exact) mass is 242 g/mol. The van der Waals surface area contributed by atoms with Crippen molar-refractivity contribution in [1.29, 1.82) is 0 Å². The molecule has 0 saturated heterocycles. The highest BCUT2D eigenvalue weighted by Gasteiger charge is 2.06. The normalized spacial score (nSPS) is 10.4. The maximum atomic E-state index is 5.33. The van der Waals surface area contributed by atoms with Crippen molar-refractivity contribution < 1.29 is 14.2 Å². The van der Waals surface area contributed by atoms with Gasteiger partial charge in [0.25, 0.3) is 0 Å². The van der Waals surface area contributed by atoms with Gasteiger partial charge in [-0.05, 0) is 13.8 Å². The number of ether oxygens (including phenoxy) is 3. The second-order valence-electron chi connectivity index (χ2n) is 3.45. The van der Waals surface area contributed by atoms with Crippen LogP contribution in [0, 0.1) is 0 Å². The van der Waals surface area contributed by atoms with Crippen molar-refractivity contribution in [1.82, 2.24) is 15.0 Å². The Bertz CT molecular complexity index is 324. The molecule has 0 saturated carbocycles. The van der Waals surface area contributed by atoms with Gasteiger partial charge in [-0.1, -0.05) is 0 Å². The number of hydrogen-bond donors (Lipinski definition) is 1. The fourth-order valence-corrected chi connectivity index (χ4v) is 1.02. The van der Waals surface area contributed by atoms with Crippen LogP contribution in [-0.4, -0.2) is 48.4 Å². The summed E-state index contributed by atoms with van der Waals surface area (Å²) >= 11 is 0. The summed E-state index contributed by atoms with van der Waals surface area (Å²) in [7, 11) is 3.20. The molecule has 0 fully saturated rings. The molecular formula is C10H18N4O3. The predicted octanol–water partition coefficient (Wildman–Crippen LogP) is 0.726. The third-order valence-electron chi connectivity index (χ3n) is 1.77. The number of aromatic nitrogens is 3. The first-order chi connectivity index (χ1) is 8.15. The van der Waals surface area contributed by atoms with E-state index in [0.29, 0.717) is 19.2 Å². The van der Waals surface area contributed by atoms with E-state index in [2.05, 4.69) is 20.3 Å². The third-order valence-corrected chi connectivity index (χ3v) is 1.77. The van der Waals surface area contributed by atoms with Gasteiger partial charge in [0.1, 0.15) is 6.61 Å². The lowest BCUT2D eigenvalue weighted by Crippen LogP contribution is -2.13. The van der Waals surface area contributed by atoms with Crippen LogP contribution in [0.1, 0.15) is 13.8 Å². The van der Waals surface area contributed by atoms with Crippen LogP contribution in [0.3, 0.4) is 0 Å². The van der Waals surface area contributed by atoms with Gasteiger partial charge in [-0.3, -0.25) is 0 Å². The molecule has 0 spiro atoms. The lowest BCUT2D eigenvalue weighted by Gasteiger charge is -2.09. The van der Waals surface area contributed by atoms with E-state index in [1.165, 1.54) is 7.11 Å². The molecule has 0 aliphatic rings. The van der Waals surface area contributed by atoms with Gasteiger partial charge in [-0.25, -0.2) is 0 Å². The topological polar surface area (TPSA) is 78.4 Å². The highest BCUT2D eigenvalue weighted by molar-refractivity contribution is 5.26. The highest BCUT2D eigenvalue weighted by Crippen LogP contribution is 2.11. The Kier molecular flexibility index (Phi) is 5.41. The number of methoxy groups -OCH3 is 1. The summed E-state index contributed by atoms with van der Waals surface area (Å²) in [6.07, 6.45) is 0.180. The van der Waals surface area contributed by atoms with Crippen LogP contribution >= 0.6 is 0 Å². The standard InChI is InChI=1S/C10H18N4O3/c1-7(2)16-5-6-17-10-13-8(11-3)12-9(14-10)15-4/h7H,5-6H2,1-4H3,(H,11,12,13,14). The van der Waals surface area contributed by atoms with E-state index in [1.54, 1.807) is 7.05 Å². The summed E-state index contributed by atoms with van der Waals surface area (Å²) in [5, 5.41) is 2.80. The molecule has 0 unspecified atom stereocenters. The molecule has 0 radical (unpaired) electrons. The molecular weight excluding hydrogens is 224 g/mol. The molecule has 1 aromatic rings. The minimum Gasteiger partial charge on any atom is -0.467 e. The van der Waals surface area contributed by atoms with Crippen LogP contribution in [0.2, 0.25) is 0 Å². The second-order valence-corrected chi connectivity index (χ2v) is 3.45. The van der Waals surface area contributed by atoms with Crippen molar-refractivity contribution in [3.8, 4) is 12.0 Å². The summed E-state index contributed by atoms with van der Waals surface area (Å²) in [5.74, 6) is 0.400. The van der Waals surface area contributed by atoms with Crippen molar-refractivity contribution in [2.24, 2.45) is 0 Å². The maximum absolute atomic E-state index is 5.33. The predicted molar refractivity (Wildman–Crippen MR) is 62.5 cm³/mol. The highest BCUT2D eigenvalue weighted by atomic mass is 16.5. The largest absolute Gasteiger partial charge is 0.467 e.